The van der Waals surface area contributed by atoms with E-state index in [1.54, 1.807) is 0 Å². The fourth-order valence-electron chi connectivity index (χ4n) is 5.66. The molecule has 0 bridgehead atoms. The van der Waals surface area contributed by atoms with Crippen LogP contribution in [-0.4, -0.2) is 89.0 Å². The molecular formula is C29H65N3OSi. The number of rotatable bonds is 24. The van der Waals surface area contributed by atoms with Crippen LogP contribution in [0.15, 0.2) is 0 Å². The molecule has 0 atom stereocenters. The smallest absolute Gasteiger partial charge is 0.191 e. The topological polar surface area (TPSA) is 19.0 Å². The highest BCUT2D eigenvalue weighted by molar-refractivity contribution is 6.73. The van der Waals surface area contributed by atoms with E-state index in [4.69, 9.17) is 4.43 Å². The van der Waals surface area contributed by atoms with Gasteiger partial charge < -0.3 is 19.1 Å². The Balaban J connectivity index is 5.89. The maximum atomic E-state index is 6.30. The van der Waals surface area contributed by atoms with Crippen LogP contribution in [0.1, 0.15) is 100 Å². The van der Waals surface area contributed by atoms with Gasteiger partial charge in [0.1, 0.15) is 0 Å². The summed E-state index contributed by atoms with van der Waals surface area (Å²) in [6, 6.07) is 3.83. The molecule has 0 N–H and O–H groups in total. The van der Waals surface area contributed by atoms with E-state index in [0.717, 1.165) is 0 Å². The number of hydrogen-bond acceptors (Lipinski definition) is 4. The summed E-state index contributed by atoms with van der Waals surface area (Å²) in [6.45, 7) is 29.8. The van der Waals surface area contributed by atoms with Crippen molar-refractivity contribution in [2.24, 2.45) is 5.41 Å². The van der Waals surface area contributed by atoms with Gasteiger partial charge in [-0.05, 0) is 127 Å². The van der Waals surface area contributed by atoms with Gasteiger partial charge in [0.2, 0.25) is 0 Å². The molecule has 0 saturated heterocycles. The number of hydrogen-bond donors (Lipinski definition) is 0. The van der Waals surface area contributed by atoms with Crippen LogP contribution in [0.25, 0.3) is 0 Å². The molecule has 0 heterocycles. The average molecular weight is 500 g/mol. The molecule has 0 aromatic heterocycles. The molecule has 0 fully saturated rings. The zero-order valence-electron chi connectivity index (χ0n) is 25.2. The van der Waals surface area contributed by atoms with Gasteiger partial charge in [-0.2, -0.15) is 0 Å². The molecule has 0 aliphatic heterocycles. The summed E-state index contributed by atoms with van der Waals surface area (Å²) in [7, 11) is 0.394. The first kappa shape index (κ1) is 34.1. The number of nitrogens with zero attached hydrogens (tertiary/aromatic N) is 3. The summed E-state index contributed by atoms with van der Waals surface area (Å²) in [4.78, 5) is 8.09. The van der Waals surface area contributed by atoms with Gasteiger partial charge in [-0.1, -0.05) is 55.4 Å². The van der Waals surface area contributed by atoms with Crippen molar-refractivity contribution < 1.29 is 4.43 Å². The molecular weight excluding hydrogens is 434 g/mol. The first-order valence-electron chi connectivity index (χ1n) is 15.1. The molecule has 206 valence electrons. The van der Waals surface area contributed by atoms with Gasteiger partial charge in [0, 0.05) is 7.11 Å². The van der Waals surface area contributed by atoms with Crippen LogP contribution < -0.4 is 0 Å². The maximum Gasteiger partial charge on any atom is 0.191 e. The standard InChI is InChI=1S/C29H65N3OSi/c1-10-22-30(13-4)25-18-29(19-26-31(14-5)23-11-2,20-27-32(15-6)24-12-3)21-28-34(16-7,17-8)33-9/h10-28H2,1-9H3. The predicted molar refractivity (Wildman–Crippen MR) is 157 cm³/mol. The third kappa shape index (κ3) is 12.8. The van der Waals surface area contributed by atoms with E-state index < -0.39 is 8.32 Å². The summed E-state index contributed by atoms with van der Waals surface area (Å²) in [5.41, 5.74) is 0.421. The molecule has 4 nitrogen and oxygen atoms in total. The molecule has 0 rings (SSSR count). The van der Waals surface area contributed by atoms with Crippen LogP contribution in [0.3, 0.4) is 0 Å². The van der Waals surface area contributed by atoms with Crippen molar-refractivity contribution in [1.29, 1.82) is 0 Å². The highest BCUT2D eigenvalue weighted by Gasteiger charge is 2.37. The Kier molecular flexibility index (Phi) is 20.2. The molecule has 0 aromatic carbocycles. The van der Waals surface area contributed by atoms with E-state index in [0.29, 0.717) is 5.41 Å². The van der Waals surface area contributed by atoms with Crippen LogP contribution in [0, 0.1) is 5.41 Å². The molecule has 0 unspecified atom stereocenters. The summed E-state index contributed by atoms with van der Waals surface area (Å²) in [6.07, 6.45) is 9.15. The van der Waals surface area contributed by atoms with Gasteiger partial charge in [-0.15, -0.1) is 0 Å². The summed E-state index contributed by atoms with van der Waals surface area (Å²) in [5.74, 6) is 0. The average Bonchev–Trinajstić information content (AvgIpc) is 2.87. The van der Waals surface area contributed by atoms with E-state index >= 15 is 0 Å². The Morgan fingerprint density at radius 1 is 0.529 bits per heavy atom. The molecule has 0 aliphatic rings. The third-order valence-electron chi connectivity index (χ3n) is 8.67. The minimum atomic E-state index is -1.61. The van der Waals surface area contributed by atoms with Crippen molar-refractivity contribution in [3.63, 3.8) is 0 Å². The van der Waals surface area contributed by atoms with Gasteiger partial charge >= 0.3 is 0 Å². The first-order valence-corrected chi connectivity index (χ1v) is 17.6. The lowest BCUT2D eigenvalue weighted by Crippen LogP contribution is -2.41. The van der Waals surface area contributed by atoms with Crippen molar-refractivity contribution in [2.75, 3.05) is 66.0 Å². The van der Waals surface area contributed by atoms with Crippen molar-refractivity contribution in [3.8, 4) is 0 Å². The molecule has 0 aliphatic carbocycles. The normalized spacial score (nSPS) is 13.1. The molecule has 34 heavy (non-hydrogen) atoms. The first-order chi connectivity index (χ1) is 16.4. The fourth-order valence-corrected chi connectivity index (χ4v) is 8.63. The zero-order valence-corrected chi connectivity index (χ0v) is 26.2. The van der Waals surface area contributed by atoms with Gasteiger partial charge in [-0.25, -0.2) is 0 Å². The molecule has 0 amide bonds. The lowest BCUT2D eigenvalue weighted by Gasteiger charge is -2.41. The second-order valence-corrected chi connectivity index (χ2v) is 15.3. The summed E-state index contributed by atoms with van der Waals surface area (Å²) >= 11 is 0. The minimum absolute atomic E-state index is 0.421. The molecule has 0 radical (unpaired) electrons. The monoisotopic (exact) mass is 499 g/mol. The second kappa shape index (κ2) is 20.2. The Hall–Kier alpha value is 0.0569. The Labute approximate surface area is 217 Å². The Bertz CT molecular complexity index is 405. The predicted octanol–water partition coefficient (Wildman–Crippen LogP) is 7.36. The van der Waals surface area contributed by atoms with Gasteiger partial charge in [0.25, 0.3) is 0 Å². The molecule has 5 heteroatoms. The minimum Gasteiger partial charge on any atom is -0.420 e. The fraction of sp³-hybridized carbons (Fsp3) is 1.00. The lowest BCUT2D eigenvalue weighted by molar-refractivity contribution is 0.118. The Morgan fingerprint density at radius 3 is 1.12 bits per heavy atom. The molecule has 0 saturated carbocycles. The van der Waals surface area contributed by atoms with Crippen LogP contribution in [0.2, 0.25) is 18.1 Å². The van der Waals surface area contributed by atoms with Crippen molar-refractivity contribution in [2.45, 2.75) is 118 Å². The molecule has 0 aromatic rings. The van der Waals surface area contributed by atoms with Crippen LogP contribution >= 0.6 is 0 Å². The van der Waals surface area contributed by atoms with E-state index in [2.05, 4.69) is 70.1 Å². The SMILES string of the molecule is CCCN(CC)CCC(CCN(CC)CCC)(CCN(CC)CCC)CC[Si](CC)(CC)OC. The van der Waals surface area contributed by atoms with E-state index in [9.17, 15) is 0 Å². The summed E-state index contributed by atoms with van der Waals surface area (Å²) in [5, 5.41) is 0. The summed E-state index contributed by atoms with van der Waals surface area (Å²) < 4.78 is 6.30. The largest absolute Gasteiger partial charge is 0.420 e. The van der Waals surface area contributed by atoms with Gasteiger partial charge in [0.15, 0.2) is 8.32 Å². The lowest BCUT2D eigenvalue weighted by atomic mass is 9.75. The molecule has 0 spiro atoms. The Morgan fingerprint density at radius 2 is 0.882 bits per heavy atom. The third-order valence-corrected chi connectivity index (χ3v) is 13.3. The van der Waals surface area contributed by atoms with E-state index in [1.807, 2.05) is 7.11 Å². The van der Waals surface area contributed by atoms with Crippen LogP contribution in [-0.2, 0) is 4.43 Å². The van der Waals surface area contributed by atoms with Gasteiger partial charge in [0.05, 0.1) is 0 Å². The zero-order chi connectivity index (χ0) is 25.9. The van der Waals surface area contributed by atoms with Crippen molar-refractivity contribution >= 4 is 8.32 Å². The highest BCUT2D eigenvalue weighted by atomic mass is 28.4. The quantitative estimate of drug-likeness (QED) is 0.129. The van der Waals surface area contributed by atoms with Crippen LogP contribution in [0.5, 0.6) is 0 Å². The van der Waals surface area contributed by atoms with Gasteiger partial charge in [-0.3, -0.25) is 0 Å². The van der Waals surface area contributed by atoms with Crippen molar-refractivity contribution in [3.05, 3.63) is 0 Å². The van der Waals surface area contributed by atoms with E-state index in [1.165, 1.54) is 122 Å². The highest BCUT2D eigenvalue weighted by Crippen LogP contribution is 2.40. The van der Waals surface area contributed by atoms with Crippen LogP contribution in [0.4, 0.5) is 0 Å². The van der Waals surface area contributed by atoms with Crippen molar-refractivity contribution in [1.82, 2.24) is 14.7 Å². The van der Waals surface area contributed by atoms with E-state index in [-0.39, 0.29) is 0 Å². The second-order valence-electron chi connectivity index (χ2n) is 10.6. The maximum absolute atomic E-state index is 6.30.